The first-order valence-electron chi connectivity index (χ1n) is 5.69. The quantitative estimate of drug-likeness (QED) is 0.942. The molecule has 17 heavy (non-hydrogen) atoms. The van der Waals surface area contributed by atoms with Crippen LogP contribution in [0, 0.1) is 0 Å². The monoisotopic (exact) mass is 293 g/mol. The zero-order chi connectivity index (χ0) is 12.3. The molecule has 2 rings (SSSR count). The third kappa shape index (κ3) is 2.76. The van der Waals surface area contributed by atoms with Gasteiger partial charge in [-0.05, 0) is 37.1 Å². The molecular weight excluding hydrogens is 278 g/mol. The van der Waals surface area contributed by atoms with Crippen molar-refractivity contribution < 1.29 is 0 Å². The number of aromatic nitrogens is 2. The van der Waals surface area contributed by atoms with Gasteiger partial charge in [0.15, 0.2) is 0 Å². The third-order valence-electron chi connectivity index (χ3n) is 2.81. The van der Waals surface area contributed by atoms with E-state index >= 15 is 0 Å². The number of benzene rings is 1. The van der Waals surface area contributed by atoms with Crippen LogP contribution in [-0.2, 0) is 13.5 Å². The van der Waals surface area contributed by atoms with Crippen molar-refractivity contribution in [1.82, 2.24) is 9.78 Å². The van der Waals surface area contributed by atoms with Gasteiger partial charge in [0.05, 0.1) is 6.20 Å². The Morgan fingerprint density at radius 3 is 2.94 bits per heavy atom. The fourth-order valence-corrected chi connectivity index (χ4v) is 2.33. The Bertz CT molecular complexity index is 505. The highest BCUT2D eigenvalue weighted by molar-refractivity contribution is 9.10. The van der Waals surface area contributed by atoms with E-state index in [1.165, 1.54) is 16.8 Å². The third-order valence-corrected chi connectivity index (χ3v) is 3.31. The molecule has 2 aromatic rings. The first-order chi connectivity index (χ1) is 8.22. The van der Waals surface area contributed by atoms with Gasteiger partial charge in [-0.15, -0.1) is 0 Å². The van der Waals surface area contributed by atoms with E-state index in [1.807, 2.05) is 30.1 Å². The predicted molar refractivity (Wildman–Crippen MR) is 73.7 cm³/mol. The summed E-state index contributed by atoms with van der Waals surface area (Å²) < 4.78 is 3.02. The fourth-order valence-electron chi connectivity index (χ4n) is 1.93. The molecule has 1 aromatic carbocycles. The van der Waals surface area contributed by atoms with Crippen molar-refractivity contribution in [3.8, 4) is 11.1 Å². The van der Waals surface area contributed by atoms with E-state index in [0.717, 1.165) is 17.3 Å². The van der Waals surface area contributed by atoms with Crippen LogP contribution in [0.25, 0.3) is 11.1 Å². The zero-order valence-corrected chi connectivity index (χ0v) is 11.4. The molecule has 0 saturated heterocycles. The molecule has 0 unspecified atom stereocenters. The van der Waals surface area contributed by atoms with Crippen molar-refractivity contribution in [1.29, 1.82) is 0 Å². The van der Waals surface area contributed by atoms with Crippen LogP contribution < -0.4 is 5.73 Å². The van der Waals surface area contributed by atoms with Crippen molar-refractivity contribution >= 4 is 15.9 Å². The van der Waals surface area contributed by atoms with Gasteiger partial charge >= 0.3 is 0 Å². The number of hydrogen-bond donors (Lipinski definition) is 1. The van der Waals surface area contributed by atoms with E-state index in [2.05, 4.69) is 33.2 Å². The molecule has 0 fully saturated rings. The van der Waals surface area contributed by atoms with Gasteiger partial charge in [0.2, 0.25) is 0 Å². The Morgan fingerprint density at radius 1 is 1.41 bits per heavy atom. The molecule has 3 nitrogen and oxygen atoms in total. The second kappa shape index (κ2) is 5.47. The topological polar surface area (TPSA) is 43.8 Å². The van der Waals surface area contributed by atoms with Gasteiger partial charge < -0.3 is 5.73 Å². The Balaban J connectivity index is 2.38. The van der Waals surface area contributed by atoms with Crippen molar-refractivity contribution in [2.75, 3.05) is 6.54 Å². The molecule has 1 aromatic heterocycles. The van der Waals surface area contributed by atoms with Gasteiger partial charge in [-0.25, -0.2) is 0 Å². The molecule has 90 valence electrons. The van der Waals surface area contributed by atoms with Crippen LogP contribution in [0.2, 0.25) is 0 Å². The summed E-state index contributed by atoms with van der Waals surface area (Å²) in [4.78, 5) is 0. The highest BCUT2D eigenvalue weighted by Gasteiger charge is 2.10. The maximum Gasteiger partial charge on any atom is 0.0571 e. The molecule has 0 aliphatic rings. The second-order valence-electron chi connectivity index (χ2n) is 4.03. The molecule has 2 N–H and O–H groups in total. The van der Waals surface area contributed by atoms with E-state index < -0.39 is 0 Å². The molecule has 0 radical (unpaired) electrons. The summed E-state index contributed by atoms with van der Waals surface area (Å²) >= 11 is 3.50. The van der Waals surface area contributed by atoms with Crippen LogP contribution in [-0.4, -0.2) is 16.3 Å². The van der Waals surface area contributed by atoms with Crippen LogP contribution in [0.4, 0.5) is 0 Å². The number of halogens is 1. The summed E-state index contributed by atoms with van der Waals surface area (Å²) in [5.74, 6) is 0. The molecule has 0 spiro atoms. The van der Waals surface area contributed by atoms with E-state index in [9.17, 15) is 0 Å². The number of nitrogens with zero attached hydrogens (tertiary/aromatic N) is 2. The summed E-state index contributed by atoms with van der Waals surface area (Å²) in [5.41, 5.74) is 9.21. The maximum atomic E-state index is 5.57. The molecule has 0 saturated carbocycles. The molecule has 0 aliphatic heterocycles. The van der Waals surface area contributed by atoms with Crippen LogP contribution in [0.15, 0.2) is 34.9 Å². The van der Waals surface area contributed by atoms with Crippen molar-refractivity contribution in [2.24, 2.45) is 12.8 Å². The van der Waals surface area contributed by atoms with Crippen LogP contribution in [0.3, 0.4) is 0 Å². The number of rotatable bonds is 4. The molecule has 4 heteroatoms. The Morgan fingerprint density at radius 2 is 2.24 bits per heavy atom. The van der Waals surface area contributed by atoms with E-state index in [1.54, 1.807) is 0 Å². The molecule has 0 atom stereocenters. The largest absolute Gasteiger partial charge is 0.330 e. The average molecular weight is 294 g/mol. The lowest BCUT2D eigenvalue weighted by Gasteiger charge is -2.06. The minimum absolute atomic E-state index is 0.711. The lowest BCUT2D eigenvalue weighted by molar-refractivity contribution is 0.687. The molecule has 1 heterocycles. The smallest absolute Gasteiger partial charge is 0.0571 e. The summed E-state index contributed by atoms with van der Waals surface area (Å²) in [7, 11) is 1.98. The molecular formula is C13H16BrN3. The minimum atomic E-state index is 0.711. The van der Waals surface area contributed by atoms with Crippen molar-refractivity contribution in [2.45, 2.75) is 12.8 Å². The molecule has 0 bridgehead atoms. The van der Waals surface area contributed by atoms with Crippen LogP contribution in [0.1, 0.15) is 12.1 Å². The molecule has 0 aliphatic carbocycles. The summed E-state index contributed by atoms with van der Waals surface area (Å²) in [6.07, 6.45) is 3.88. The number of aryl methyl sites for hydroxylation is 1. The van der Waals surface area contributed by atoms with Crippen molar-refractivity contribution in [3.63, 3.8) is 0 Å². The van der Waals surface area contributed by atoms with Crippen LogP contribution in [0.5, 0.6) is 0 Å². The standard InChI is InChI=1S/C13H16BrN3/c1-17-13(6-3-7-15)12(9-16-17)10-4-2-5-11(14)8-10/h2,4-5,8-9H,3,6-7,15H2,1H3. The molecule has 0 amide bonds. The minimum Gasteiger partial charge on any atom is -0.330 e. The van der Waals surface area contributed by atoms with E-state index in [0.29, 0.717) is 6.54 Å². The Labute approximate surface area is 110 Å². The summed E-state index contributed by atoms with van der Waals surface area (Å²) in [6, 6.07) is 8.29. The number of nitrogens with two attached hydrogens (primary N) is 1. The van der Waals surface area contributed by atoms with Gasteiger partial charge in [-0.2, -0.15) is 5.10 Å². The number of hydrogen-bond acceptors (Lipinski definition) is 2. The normalized spacial score (nSPS) is 10.8. The van der Waals surface area contributed by atoms with E-state index in [4.69, 9.17) is 5.73 Å². The summed E-state index contributed by atoms with van der Waals surface area (Å²) in [5, 5.41) is 4.34. The van der Waals surface area contributed by atoms with Gasteiger partial charge in [-0.1, -0.05) is 28.1 Å². The SMILES string of the molecule is Cn1ncc(-c2cccc(Br)c2)c1CCCN. The summed E-state index contributed by atoms with van der Waals surface area (Å²) in [6.45, 7) is 0.711. The average Bonchev–Trinajstić information content (AvgIpc) is 2.68. The lowest BCUT2D eigenvalue weighted by Crippen LogP contribution is -2.05. The van der Waals surface area contributed by atoms with E-state index in [-0.39, 0.29) is 0 Å². The van der Waals surface area contributed by atoms with Crippen molar-refractivity contribution in [3.05, 3.63) is 40.6 Å². The van der Waals surface area contributed by atoms with Gasteiger partial charge in [0, 0.05) is 22.8 Å². The Hall–Kier alpha value is -1.13. The first kappa shape index (κ1) is 12.3. The fraction of sp³-hybridized carbons (Fsp3) is 0.308. The van der Waals surface area contributed by atoms with Gasteiger partial charge in [0.1, 0.15) is 0 Å². The lowest BCUT2D eigenvalue weighted by atomic mass is 10.0. The highest BCUT2D eigenvalue weighted by atomic mass is 79.9. The first-order valence-corrected chi connectivity index (χ1v) is 6.48. The zero-order valence-electron chi connectivity index (χ0n) is 9.86. The maximum absolute atomic E-state index is 5.57. The van der Waals surface area contributed by atoms with Crippen LogP contribution >= 0.6 is 15.9 Å². The highest BCUT2D eigenvalue weighted by Crippen LogP contribution is 2.26. The van der Waals surface area contributed by atoms with Gasteiger partial charge in [0.25, 0.3) is 0 Å². The van der Waals surface area contributed by atoms with Gasteiger partial charge in [-0.3, -0.25) is 4.68 Å². The Kier molecular flexibility index (Phi) is 3.97. The predicted octanol–water partition coefficient (Wildman–Crippen LogP) is 2.74. The second-order valence-corrected chi connectivity index (χ2v) is 4.95.